The van der Waals surface area contributed by atoms with Gasteiger partial charge in [0.1, 0.15) is 0 Å². The highest BCUT2D eigenvalue weighted by Crippen LogP contribution is 2.62. The molecule has 0 aromatic heterocycles. The van der Waals surface area contributed by atoms with E-state index in [4.69, 9.17) is 0 Å². The molecule has 96 valence electrons. The molecule has 3 rings (SSSR count). The minimum Gasteiger partial charge on any atom is -0.351 e. The number of amides is 1. The molecule has 1 aliphatic carbocycles. The van der Waals surface area contributed by atoms with Crippen LogP contribution in [0.1, 0.15) is 22.3 Å². The number of benzene rings is 1. The molecule has 1 N–H and O–H groups in total. The molecule has 0 bridgehead atoms. The highest BCUT2D eigenvalue weighted by Gasteiger charge is 2.68. The van der Waals surface area contributed by atoms with Crippen molar-refractivity contribution in [2.75, 3.05) is 6.54 Å². The smallest absolute Gasteiger partial charge is 0.351 e. The lowest BCUT2D eigenvalue weighted by molar-refractivity contribution is -0.152. The summed E-state index contributed by atoms with van der Waals surface area (Å²) in [5.74, 6) is -1.64. The second-order valence-electron chi connectivity index (χ2n) is 4.83. The zero-order valence-electron chi connectivity index (χ0n) is 9.14. The van der Waals surface area contributed by atoms with E-state index in [1.807, 2.05) is 0 Å². The molecule has 2 aliphatic rings. The number of fused-ring (bicyclic) bond motifs is 2. The third-order valence-corrected chi connectivity index (χ3v) is 4.29. The molecule has 1 amide bonds. The van der Waals surface area contributed by atoms with E-state index in [0.29, 0.717) is 15.6 Å². The van der Waals surface area contributed by atoms with Crippen molar-refractivity contribution >= 4 is 21.8 Å². The van der Waals surface area contributed by atoms with Gasteiger partial charge in [0.2, 0.25) is 0 Å². The monoisotopic (exact) mass is 319 g/mol. The Kier molecular flexibility index (Phi) is 2.33. The molecular weight excluding hydrogens is 311 g/mol. The van der Waals surface area contributed by atoms with Gasteiger partial charge in [-0.1, -0.05) is 15.9 Å². The summed E-state index contributed by atoms with van der Waals surface area (Å²) < 4.78 is 39.2. The van der Waals surface area contributed by atoms with E-state index in [-0.39, 0.29) is 18.9 Å². The van der Waals surface area contributed by atoms with Crippen molar-refractivity contribution in [3.05, 3.63) is 33.8 Å². The summed E-state index contributed by atoms with van der Waals surface area (Å²) in [5, 5.41) is 2.56. The maximum absolute atomic E-state index is 12.8. The van der Waals surface area contributed by atoms with Gasteiger partial charge in [-0.3, -0.25) is 4.79 Å². The maximum Gasteiger partial charge on any atom is 0.392 e. The fourth-order valence-corrected chi connectivity index (χ4v) is 3.14. The second-order valence-corrected chi connectivity index (χ2v) is 5.74. The van der Waals surface area contributed by atoms with Gasteiger partial charge in [-0.15, -0.1) is 0 Å². The number of hydrogen-bond acceptors (Lipinski definition) is 1. The van der Waals surface area contributed by atoms with Crippen molar-refractivity contribution in [1.29, 1.82) is 0 Å². The number of carbonyl (C=O) groups is 1. The molecule has 1 spiro atoms. The first-order valence-corrected chi connectivity index (χ1v) is 6.29. The Morgan fingerprint density at radius 2 is 2.11 bits per heavy atom. The van der Waals surface area contributed by atoms with Crippen LogP contribution in [0.5, 0.6) is 0 Å². The molecule has 1 aliphatic heterocycles. The summed E-state index contributed by atoms with van der Waals surface area (Å²) in [6.07, 6.45) is -4.15. The first-order valence-electron chi connectivity index (χ1n) is 5.49. The molecule has 0 saturated heterocycles. The van der Waals surface area contributed by atoms with Crippen LogP contribution in [0, 0.1) is 5.92 Å². The second kappa shape index (κ2) is 3.50. The Hall–Kier alpha value is -1.04. The molecule has 1 saturated carbocycles. The number of halogens is 4. The molecule has 1 fully saturated rings. The summed E-state index contributed by atoms with van der Waals surface area (Å²) in [6.45, 7) is 0.0689. The fourth-order valence-electron chi connectivity index (χ4n) is 2.78. The molecule has 0 radical (unpaired) electrons. The molecule has 18 heavy (non-hydrogen) atoms. The van der Waals surface area contributed by atoms with Crippen molar-refractivity contribution in [2.24, 2.45) is 5.92 Å². The Morgan fingerprint density at radius 1 is 1.39 bits per heavy atom. The third-order valence-electron chi connectivity index (χ3n) is 3.80. The van der Waals surface area contributed by atoms with Crippen LogP contribution in [-0.2, 0) is 5.41 Å². The van der Waals surface area contributed by atoms with Gasteiger partial charge < -0.3 is 5.32 Å². The van der Waals surface area contributed by atoms with Crippen molar-refractivity contribution in [1.82, 2.24) is 5.32 Å². The lowest BCUT2D eigenvalue weighted by Gasteiger charge is -2.27. The van der Waals surface area contributed by atoms with Crippen LogP contribution in [0.2, 0.25) is 0 Å². The Labute approximate surface area is 110 Å². The number of alkyl halides is 3. The van der Waals surface area contributed by atoms with E-state index in [2.05, 4.69) is 21.2 Å². The van der Waals surface area contributed by atoms with Crippen molar-refractivity contribution in [3.63, 3.8) is 0 Å². The number of nitrogens with one attached hydrogen (secondary N) is 1. The lowest BCUT2D eigenvalue weighted by atomic mass is 9.85. The Balaban J connectivity index is 2.10. The van der Waals surface area contributed by atoms with Crippen molar-refractivity contribution in [2.45, 2.75) is 18.0 Å². The molecule has 1 unspecified atom stereocenters. The average Bonchev–Trinajstić information content (AvgIpc) is 3.00. The van der Waals surface area contributed by atoms with Gasteiger partial charge in [-0.25, -0.2) is 0 Å². The van der Waals surface area contributed by atoms with E-state index in [0.717, 1.165) is 0 Å². The van der Waals surface area contributed by atoms with E-state index in [1.165, 1.54) is 0 Å². The zero-order chi connectivity index (χ0) is 13.1. The van der Waals surface area contributed by atoms with Crippen molar-refractivity contribution < 1.29 is 18.0 Å². The van der Waals surface area contributed by atoms with Gasteiger partial charge in [0.25, 0.3) is 5.91 Å². The number of carbonyl (C=O) groups excluding carboxylic acids is 1. The molecule has 1 aromatic rings. The van der Waals surface area contributed by atoms with Gasteiger partial charge in [-0.05, 0) is 30.2 Å². The minimum atomic E-state index is -4.21. The van der Waals surface area contributed by atoms with Crippen LogP contribution in [-0.4, -0.2) is 18.6 Å². The van der Waals surface area contributed by atoms with Gasteiger partial charge in [0, 0.05) is 22.0 Å². The van der Waals surface area contributed by atoms with Gasteiger partial charge in [-0.2, -0.15) is 13.2 Å². The number of rotatable bonds is 0. The van der Waals surface area contributed by atoms with E-state index in [1.54, 1.807) is 18.2 Å². The summed E-state index contributed by atoms with van der Waals surface area (Å²) in [5.41, 5.74) is -0.0789. The summed E-state index contributed by atoms with van der Waals surface area (Å²) in [4.78, 5) is 11.7. The van der Waals surface area contributed by atoms with Crippen LogP contribution < -0.4 is 5.32 Å². The van der Waals surface area contributed by atoms with Crippen LogP contribution in [0.15, 0.2) is 22.7 Å². The summed E-state index contributed by atoms with van der Waals surface area (Å²) in [6, 6.07) is 4.88. The highest BCUT2D eigenvalue weighted by atomic mass is 79.9. The van der Waals surface area contributed by atoms with Crippen molar-refractivity contribution in [3.8, 4) is 0 Å². The fraction of sp³-hybridized carbons (Fsp3) is 0.417. The maximum atomic E-state index is 12.8. The highest BCUT2D eigenvalue weighted by molar-refractivity contribution is 9.10. The van der Waals surface area contributed by atoms with E-state index < -0.39 is 17.5 Å². The Morgan fingerprint density at radius 3 is 2.72 bits per heavy atom. The molecular formula is C12H9BrF3NO. The van der Waals surface area contributed by atoms with Crippen LogP contribution in [0.4, 0.5) is 13.2 Å². The predicted octanol–water partition coefficient (Wildman–Crippen LogP) is 3.01. The lowest BCUT2D eigenvalue weighted by Crippen LogP contribution is -2.41. The quantitative estimate of drug-likeness (QED) is 0.782. The molecule has 6 heteroatoms. The number of hydrogen-bond donors (Lipinski definition) is 1. The van der Waals surface area contributed by atoms with Gasteiger partial charge >= 0.3 is 6.18 Å². The zero-order valence-corrected chi connectivity index (χ0v) is 10.7. The third kappa shape index (κ3) is 1.58. The standard InChI is InChI=1S/C12H9BrF3NO/c13-6-1-2-7-8(3-6)11(5-17-10(7)18)4-9(11)12(14,15)16/h1-3,9H,4-5H2,(H,17,18)/t9?,11-/m0/s1. The van der Waals surface area contributed by atoms with Gasteiger partial charge in [0.05, 0.1) is 5.92 Å². The van der Waals surface area contributed by atoms with E-state index >= 15 is 0 Å². The topological polar surface area (TPSA) is 29.1 Å². The van der Waals surface area contributed by atoms with Gasteiger partial charge in [0.15, 0.2) is 0 Å². The average molecular weight is 320 g/mol. The molecule has 1 aromatic carbocycles. The first kappa shape index (κ1) is 12.0. The Bertz CT molecular complexity index is 543. The largest absolute Gasteiger partial charge is 0.392 e. The molecule has 2 nitrogen and oxygen atoms in total. The normalized spacial score (nSPS) is 30.0. The molecule has 1 heterocycles. The SMILES string of the molecule is O=C1NC[C@@]2(CC2C(F)(F)F)c2cc(Br)ccc21. The van der Waals surface area contributed by atoms with E-state index in [9.17, 15) is 18.0 Å². The van der Waals surface area contributed by atoms with Crippen LogP contribution >= 0.6 is 15.9 Å². The van der Waals surface area contributed by atoms with Crippen LogP contribution in [0.3, 0.4) is 0 Å². The summed E-state index contributed by atoms with van der Waals surface area (Å²) >= 11 is 3.25. The molecule has 2 atom stereocenters. The predicted molar refractivity (Wildman–Crippen MR) is 62.3 cm³/mol. The first-order chi connectivity index (χ1) is 8.34. The minimum absolute atomic E-state index is 0.0558. The van der Waals surface area contributed by atoms with Crippen LogP contribution in [0.25, 0.3) is 0 Å². The summed E-state index contributed by atoms with van der Waals surface area (Å²) in [7, 11) is 0.